The molecule has 17 heavy (non-hydrogen) atoms. The van der Waals surface area contributed by atoms with Crippen LogP contribution in [0.25, 0.3) is 0 Å². The first kappa shape index (κ1) is 11.0. The van der Waals surface area contributed by atoms with Crippen LogP contribution in [0.5, 0.6) is 5.75 Å². The van der Waals surface area contributed by atoms with Crippen LogP contribution in [0.2, 0.25) is 0 Å². The van der Waals surface area contributed by atoms with Crippen LogP contribution < -0.4 is 4.74 Å². The molecule has 92 valence electrons. The van der Waals surface area contributed by atoms with Gasteiger partial charge in [0.1, 0.15) is 17.2 Å². The van der Waals surface area contributed by atoms with Gasteiger partial charge in [-0.05, 0) is 43.9 Å². The maximum atomic E-state index is 13.1. The first-order valence-electron chi connectivity index (χ1n) is 6.35. The lowest BCUT2D eigenvalue weighted by Gasteiger charge is -2.43. The Balaban J connectivity index is 1.94. The molecule has 1 fully saturated rings. The molecule has 3 rings (SSSR count). The summed E-state index contributed by atoms with van der Waals surface area (Å²) in [5.41, 5.74) is 0.392. The summed E-state index contributed by atoms with van der Waals surface area (Å²) in [4.78, 5) is 0. The van der Waals surface area contributed by atoms with E-state index < -0.39 is 6.10 Å². The standard InChI is InChI=1S/C14H17FO2/c15-10-4-5-13-11(8-10)12(16)9-14(17-13)6-2-1-3-7-14/h4-5,8,12,16H,1-3,6-7,9H2. The molecule has 0 saturated heterocycles. The van der Waals surface area contributed by atoms with Crippen molar-refractivity contribution < 1.29 is 14.2 Å². The fourth-order valence-electron chi connectivity index (χ4n) is 3.11. The van der Waals surface area contributed by atoms with Crippen molar-refractivity contribution in [3.63, 3.8) is 0 Å². The van der Waals surface area contributed by atoms with E-state index in [1.165, 1.54) is 18.6 Å². The van der Waals surface area contributed by atoms with E-state index in [1.807, 2.05) is 0 Å². The number of aliphatic hydroxyl groups is 1. The van der Waals surface area contributed by atoms with Crippen LogP contribution >= 0.6 is 0 Å². The molecule has 2 nitrogen and oxygen atoms in total. The highest BCUT2D eigenvalue weighted by atomic mass is 19.1. The highest BCUT2D eigenvalue weighted by Gasteiger charge is 2.41. The molecule has 1 aliphatic carbocycles. The van der Waals surface area contributed by atoms with Crippen molar-refractivity contribution in [2.75, 3.05) is 0 Å². The van der Waals surface area contributed by atoms with Crippen LogP contribution in [0, 0.1) is 5.82 Å². The average Bonchev–Trinajstić information content (AvgIpc) is 2.31. The molecule has 2 aliphatic rings. The number of ether oxygens (including phenoxy) is 1. The number of hydrogen-bond acceptors (Lipinski definition) is 2. The van der Waals surface area contributed by atoms with Crippen LogP contribution in [0.15, 0.2) is 18.2 Å². The van der Waals surface area contributed by atoms with E-state index >= 15 is 0 Å². The second-order valence-electron chi connectivity index (χ2n) is 5.25. The first-order chi connectivity index (χ1) is 8.19. The Kier molecular flexibility index (Phi) is 2.58. The molecule has 0 aromatic heterocycles. The molecule has 0 radical (unpaired) electrons. The average molecular weight is 236 g/mol. The second-order valence-corrected chi connectivity index (χ2v) is 5.25. The molecule has 1 heterocycles. The molecular weight excluding hydrogens is 219 g/mol. The highest BCUT2D eigenvalue weighted by Crippen LogP contribution is 2.46. The third-order valence-corrected chi connectivity index (χ3v) is 3.99. The second kappa shape index (κ2) is 3.98. The highest BCUT2D eigenvalue weighted by molar-refractivity contribution is 5.38. The summed E-state index contributed by atoms with van der Waals surface area (Å²) in [5, 5.41) is 10.2. The van der Waals surface area contributed by atoms with Crippen LogP contribution in [0.1, 0.15) is 50.2 Å². The summed E-state index contributed by atoms with van der Waals surface area (Å²) >= 11 is 0. The third-order valence-electron chi connectivity index (χ3n) is 3.99. The van der Waals surface area contributed by atoms with E-state index in [0.29, 0.717) is 17.7 Å². The van der Waals surface area contributed by atoms with Crippen molar-refractivity contribution in [1.29, 1.82) is 0 Å². The molecule has 1 unspecified atom stereocenters. The Bertz CT molecular complexity index is 424. The molecule has 1 atom stereocenters. The van der Waals surface area contributed by atoms with Crippen LogP contribution in [0.4, 0.5) is 4.39 Å². The van der Waals surface area contributed by atoms with Gasteiger partial charge in [0.2, 0.25) is 0 Å². The molecule has 1 aliphatic heterocycles. The first-order valence-corrected chi connectivity index (χ1v) is 6.35. The van der Waals surface area contributed by atoms with E-state index in [1.54, 1.807) is 6.07 Å². The van der Waals surface area contributed by atoms with Crippen molar-refractivity contribution in [3.8, 4) is 5.75 Å². The van der Waals surface area contributed by atoms with Gasteiger partial charge in [-0.1, -0.05) is 6.42 Å². The van der Waals surface area contributed by atoms with Crippen LogP contribution in [0.3, 0.4) is 0 Å². The van der Waals surface area contributed by atoms with Gasteiger partial charge < -0.3 is 9.84 Å². The maximum absolute atomic E-state index is 13.1. The van der Waals surface area contributed by atoms with Crippen molar-refractivity contribution in [3.05, 3.63) is 29.6 Å². The van der Waals surface area contributed by atoms with Gasteiger partial charge in [0, 0.05) is 12.0 Å². The summed E-state index contributed by atoms with van der Waals surface area (Å²) in [6, 6.07) is 4.42. The molecule has 1 spiro atoms. The quantitative estimate of drug-likeness (QED) is 0.748. The Morgan fingerprint density at radius 1 is 1.24 bits per heavy atom. The summed E-state index contributed by atoms with van der Waals surface area (Å²) < 4.78 is 19.2. The van der Waals surface area contributed by atoms with Crippen LogP contribution in [-0.2, 0) is 0 Å². The van der Waals surface area contributed by atoms with Crippen molar-refractivity contribution in [1.82, 2.24) is 0 Å². The molecule has 1 aromatic rings. The van der Waals surface area contributed by atoms with Gasteiger partial charge in [0.15, 0.2) is 0 Å². The zero-order valence-corrected chi connectivity index (χ0v) is 9.79. The topological polar surface area (TPSA) is 29.5 Å². The Hall–Kier alpha value is -1.09. The predicted octanol–water partition coefficient (Wildman–Crippen LogP) is 3.34. The van der Waals surface area contributed by atoms with Gasteiger partial charge in [-0.25, -0.2) is 4.39 Å². The zero-order chi connectivity index (χ0) is 11.9. The number of benzene rings is 1. The van der Waals surface area contributed by atoms with Gasteiger partial charge in [0.05, 0.1) is 6.10 Å². The van der Waals surface area contributed by atoms with E-state index in [9.17, 15) is 9.50 Å². The number of hydrogen-bond donors (Lipinski definition) is 1. The third kappa shape index (κ3) is 1.93. The summed E-state index contributed by atoms with van der Waals surface area (Å²) in [7, 11) is 0. The molecule has 1 aromatic carbocycles. The minimum Gasteiger partial charge on any atom is -0.487 e. The van der Waals surface area contributed by atoms with Crippen molar-refractivity contribution in [2.24, 2.45) is 0 Å². The largest absolute Gasteiger partial charge is 0.487 e. The van der Waals surface area contributed by atoms with Gasteiger partial charge in [-0.15, -0.1) is 0 Å². The van der Waals surface area contributed by atoms with E-state index in [4.69, 9.17) is 4.74 Å². The zero-order valence-electron chi connectivity index (χ0n) is 9.79. The molecule has 0 bridgehead atoms. The van der Waals surface area contributed by atoms with Gasteiger partial charge in [0.25, 0.3) is 0 Å². The fraction of sp³-hybridized carbons (Fsp3) is 0.571. The normalized spacial score (nSPS) is 26.4. The van der Waals surface area contributed by atoms with E-state index in [-0.39, 0.29) is 11.4 Å². The molecular formula is C14H17FO2. The lowest BCUT2D eigenvalue weighted by molar-refractivity contribution is -0.0383. The summed E-state index contributed by atoms with van der Waals surface area (Å²) in [6.45, 7) is 0. The monoisotopic (exact) mass is 236 g/mol. The minimum atomic E-state index is -0.590. The van der Waals surface area contributed by atoms with Crippen molar-refractivity contribution >= 4 is 0 Å². The Morgan fingerprint density at radius 2 is 2.00 bits per heavy atom. The number of rotatable bonds is 0. The Labute approximate surface area is 100 Å². The fourth-order valence-corrected chi connectivity index (χ4v) is 3.11. The number of aliphatic hydroxyl groups excluding tert-OH is 1. The smallest absolute Gasteiger partial charge is 0.126 e. The minimum absolute atomic E-state index is 0.206. The van der Waals surface area contributed by atoms with E-state index in [0.717, 1.165) is 25.7 Å². The molecule has 0 amide bonds. The van der Waals surface area contributed by atoms with Crippen LogP contribution in [-0.4, -0.2) is 10.7 Å². The molecule has 1 saturated carbocycles. The summed E-state index contributed by atoms with van der Waals surface area (Å²) in [6.07, 6.45) is 5.57. The van der Waals surface area contributed by atoms with Crippen molar-refractivity contribution in [2.45, 2.75) is 50.2 Å². The summed E-state index contributed by atoms with van der Waals surface area (Å²) in [5.74, 6) is 0.345. The van der Waals surface area contributed by atoms with Gasteiger partial charge >= 0.3 is 0 Å². The SMILES string of the molecule is OC1CC2(CCCCC2)Oc2ccc(F)cc21. The maximum Gasteiger partial charge on any atom is 0.126 e. The predicted molar refractivity (Wildman–Crippen MR) is 62.4 cm³/mol. The van der Waals surface area contributed by atoms with E-state index in [2.05, 4.69) is 0 Å². The Morgan fingerprint density at radius 3 is 2.76 bits per heavy atom. The lowest BCUT2D eigenvalue weighted by Crippen LogP contribution is -2.42. The molecule has 1 N–H and O–H groups in total. The molecule has 3 heteroatoms. The lowest BCUT2D eigenvalue weighted by atomic mass is 9.78. The number of halogens is 1. The van der Waals surface area contributed by atoms with Gasteiger partial charge in [-0.3, -0.25) is 0 Å². The number of fused-ring (bicyclic) bond motifs is 1. The van der Waals surface area contributed by atoms with Gasteiger partial charge in [-0.2, -0.15) is 0 Å².